The van der Waals surface area contributed by atoms with Gasteiger partial charge in [-0.15, -0.1) is 0 Å². The standard InChI is InChI=1S/C23H25F3O2/c1-2-28-21-12-11-20(22(25)23(21)26)18-9-7-17(8-10-18)16-5-3-15(4-6-16)13-19(24)14-27/h7-13,15-16,27H,2-6,14H2,1H3/b19-13-. The predicted octanol–water partition coefficient (Wildman–Crippen LogP) is 6.15. The van der Waals surface area contributed by atoms with Crippen molar-refractivity contribution in [2.24, 2.45) is 5.92 Å². The summed E-state index contributed by atoms with van der Waals surface area (Å²) >= 11 is 0. The molecule has 0 aliphatic heterocycles. The van der Waals surface area contributed by atoms with Crippen LogP contribution in [0.4, 0.5) is 13.2 Å². The Morgan fingerprint density at radius 1 is 1.04 bits per heavy atom. The lowest BCUT2D eigenvalue weighted by atomic mass is 9.78. The largest absolute Gasteiger partial charge is 0.491 e. The zero-order valence-corrected chi connectivity index (χ0v) is 15.9. The quantitative estimate of drug-likeness (QED) is 0.641. The highest BCUT2D eigenvalue weighted by molar-refractivity contribution is 5.65. The molecule has 1 N–H and O–H groups in total. The molecule has 1 aliphatic carbocycles. The number of hydrogen-bond acceptors (Lipinski definition) is 2. The number of ether oxygens (including phenoxy) is 1. The molecule has 0 saturated heterocycles. The first-order chi connectivity index (χ1) is 13.5. The highest BCUT2D eigenvalue weighted by Gasteiger charge is 2.22. The van der Waals surface area contributed by atoms with Gasteiger partial charge in [-0.3, -0.25) is 0 Å². The summed E-state index contributed by atoms with van der Waals surface area (Å²) in [7, 11) is 0. The smallest absolute Gasteiger partial charge is 0.201 e. The lowest BCUT2D eigenvalue weighted by Gasteiger charge is -2.27. The van der Waals surface area contributed by atoms with Gasteiger partial charge in [0.15, 0.2) is 11.6 Å². The predicted molar refractivity (Wildman–Crippen MR) is 104 cm³/mol. The molecule has 0 radical (unpaired) electrons. The van der Waals surface area contributed by atoms with Crippen molar-refractivity contribution in [1.29, 1.82) is 0 Å². The molecule has 0 bridgehead atoms. The van der Waals surface area contributed by atoms with Crippen molar-refractivity contribution in [3.8, 4) is 16.9 Å². The molecule has 2 nitrogen and oxygen atoms in total. The van der Waals surface area contributed by atoms with Gasteiger partial charge in [0, 0.05) is 5.56 Å². The lowest BCUT2D eigenvalue weighted by molar-refractivity contribution is 0.291. The fraction of sp³-hybridized carbons (Fsp3) is 0.391. The number of benzene rings is 2. The zero-order chi connectivity index (χ0) is 20.1. The van der Waals surface area contributed by atoms with Crippen LogP contribution in [0.1, 0.15) is 44.1 Å². The Morgan fingerprint density at radius 3 is 2.32 bits per heavy atom. The molecule has 0 unspecified atom stereocenters. The normalized spacial score (nSPS) is 20.2. The molecule has 1 aliphatic rings. The van der Waals surface area contributed by atoms with Gasteiger partial charge in [-0.2, -0.15) is 4.39 Å². The van der Waals surface area contributed by atoms with Gasteiger partial charge < -0.3 is 9.84 Å². The molecule has 0 spiro atoms. The van der Waals surface area contributed by atoms with Gasteiger partial charge in [-0.05, 0) is 73.8 Å². The van der Waals surface area contributed by atoms with Crippen LogP contribution in [0.25, 0.3) is 11.1 Å². The Morgan fingerprint density at radius 2 is 1.71 bits per heavy atom. The summed E-state index contributed by atoms with van der Waals surface area (Å²) in [6.07, 6.45) is 5.15. The summed E-state index contributed by atoms with van der Waals surface area (Å²) in [5.41, 5.74) is 1.98. The van der Waals surface area contributed by atoms with Gasteiger partial charge in [-0.25, -0.2) is 8.78 Å². The van der Waals surface area contributed by atoms with Crippen LogP contribution < -0.4 is 4.74 Å². The van der Waals surface area contributed by atoms with Crippen LogP contribution in [-0.2, 0) is 0 Å². The third-order valence-corrected chi connectivity index (χ3v) is 5.38. The van der Waals surface area contributed by atoms with Gasteiger partial charge in [0.1, 0.15) is 5.83 Å². The Bertz CT molecular complexity index is 822. The van der Waals surface area contributed by atoms with Crippen molar-refractivity contribution in [1.82, 2.24) is 0 Å². The molecule has 1 saturated carbocycles. The third-order valence-electron chi connectivity index (χ3n) is 5.38. The molecule has 150 valence electrons. The number of aliphatic hydroxyl groups is 1. The summed E-state index contributed by atoms with van der Waals surface area (Å²) in [5, 5.41) is 8.79. The molecule has 5 heteroatoms. The van der Waals surface area contributed by atoms with Crippen LogP contribution in [0, 0.1) is 17.6 Å². The third kappa shape index (κ3) is 4.58. The molecule has 1 fully saturated rings. The SMILES string of the molecule is CCOc1ccc(-c2ccc(C3CCC(/C=C(\F)CO)CC3)cc2)c(F)c1F. The molecular weight excluding hydrogens is 365 g/mol. The molecular formula is C23H25F3O2. The summed E-state index contributed by atoms with van der Waals surface area (Å²) < 4.78 is 46.8. The number of halogens is 3. The average Bonchev–Trinajstić information content (AvgIpc) is 2.72. The second kappa shape index (κ2) is 9.28. The number of rotatable bonds is 6. The van der Waals surface area contributed by atoms with E-state index in [1.54, 1.807) is 6.92 Å². The van der Waals surface area contributed by atoms with Gasteiger partial charge >= 0.3 is 0 Å². The molecule has 0 atom stereocenters. The van der Waals surface area contributed by atoms with E-state index < -0.39 is 24.1 Å². The summed E-state index contributed by atoms with van der Waals surface area (Å²) in [6, 6.07) is 10.5. The van der Waals surface area contributed by atoms with Crippen LogP contribution in [0.5, 0.6) is 5.75 Å². The lowest BCUT2D eigenvalue weighted by Crippen LogP contribution is -2.12. The maximum absolute atomic E-state index is 14.4. The number of hydrogen-bond donors (Lipinski definition) is 1. The van der Waals surface area contributed by atoms with Crippen LogP contribution in [0.15, 0.2) is 48.3 Å². The summed E-state index contributed by atoms with van der Waals surface area (Å²) in [6.45, 7) is 1.45. The van der Waals surface area contributed by atoms with Crippen molar-refractivity contribution in [2.45, 2.75) is 38.5 Å². The Hall–Kier alpha value is -2.27. The average molecular weight is 390 g/mol. The Kier molecular flexibility index (Phi) is 6.79. The van der Waals surface area contributed by atoms with E-state index in [0.29, 0.717) is 11.5 Å². The van der Waals surface area contributed by atoms with E-state index in [4.69, 9.17) is 9.84 Å². The van der Waals surface area contributed by atoms with Crippen LogP contribution >= 0.6 is 0 Å². The molecule has 3 rings (SSSR count). The fourth-order valence-electron chi connectivity index (χ4n) is 3.88. The summed E-state index contributed by atoms with van der Waals surface area (Å²) in [4.78, 5) is 0. The van der Waals surface area contributed by atoms with E-state index in [9.17, 15) is 13.2 Å². The highest BCUT2D eigenvalue weighted by Crippen LogP contribution is 2.38. The highest BCUT2D eigenvalue weighted by atomic mass is 19.2. The zero-order valence-electron chi connectivity index (χ0n) is 15.9. The van der Waals surface area contributed by atoms with Gasteiger partial charge in [0.05, 0.1) is 13.2 Å². The van der Waals surface area contributed by atoms with E-state index >= 15 is 0 Å². The number of aliphatic hydroxyl groups excluding tert-OH is 1. The van der Waals surface area contributed by atoms with Crippen molar-refractivity contribution in [3.05, 3.63) is 65.5 Å². The van der Waals surface area contributed by atoms with E-state index in [-0.39, 0.29) is 23.8 Å². The van der Waals surface area contributed by atoms with Crippen LogP contribution in [0.2, 0.25) is 0 Å². The summed E-state index contributed by atoms with van der Waals surface area (Å²) in [5.74, 6) is -1.87. The maximum atomic E-state index is 14.4. The van der Waals surface area contributed by atoms with Gasteiger partial charge in [0.25, 0.3) is 0 Å². The number of allylic oxidation sites excluding steroid dienone is 1. The fourth-order valence-corrected chi connectivity index (χ4v) is 3.88. The monoisotopic (exact) mass is 390 g/mol. The molecule has 0 amide bonds. The van der Waals surface area contributed by atoms with E-state index in [1.165, 1.54) is 18.2 Å². The van der Waals surface area contributed by atoms with E-state index in [0.717, 1.165) is 31.2 Å². The second-order valence-corrected chi connectivity index (χ2v) is 7.18. The molecule has 0 heterocycles. The van der Waals surface area contributed by atoms with Crippen molar-refractivity contribution >= 4 is 0 Å². The topological polar surface area (TPSA) is 29.5 Å². The first-order valence-electron chi connectivity index (χ1n) is 9.71. The molecule has 0 aromatic heterocycles. The van der Waals surface area contributed by atoms with Crippen LogP contribution in [0.3, 0.4) is 0 Å². The van der Waals surface area contributed by atoms with E-state index in [1.807, 2.05) is 24.3 Å². The minimum absolute atomic E-state index is 0.0798. The molecule has 2 aromatic carbocycles. The molecule has 28 heavy (non-hydrogen) atoms. The van der Waals surface area contributed by atoms with Crippen molar-refractivity contribution in [3.63, 3.8) is 0 Å². The first-order valence-corrected chi connectivity index (χ1v) is 9.71. The van der Waals surface area contributed by atoms with Gasteiger partial charge in [0.2, 0.25) is 5.82 Å². The van der Waals surface area contributed by atoms with Crippen LogP contribution in [-0.4, -0.2) is 18.3 Å². The Balaban J connectivity index is 1.70. The minimum Gasteiger partial charge on any atom is -0.491 e. The van der Waals surface area contributed by atoms with Gasteiger partial charge in [-0.1, -0.05) is 24.3 Å². The minimum atomic E-state index is -0.968. The maximum Gasteiger partial charge on any atom is 0.201 e. The molecule has 2 aromatic rings. The van der Waals surface area contributed by atoms with E-state index in [2.05, 4.69) is 0 Å². The van der Waals surface area contributed by atoms with Crippen molar-refractivity contribution in [2.75, 3.05) is 13.2 Å². The van der Waals surface area contributed by atoms with Crippen molar-refractivity contribution < 1.29 is 23.0 Å². The second-order valence-electron chi connectivity index (χ2n) is 7.18. The Labute approximate surface area is 163 Å². The first kappa shape index (κ1) is 20.5.